The fourth-order valence-corrected chi connectivity index (χ4v) is 2.03. The number of ether oxygens (including phenoxy) is 1. The Morgan fingerprint density at radius 1 is 1.47 bits per heavy atom. The monoisotopic (exact) mass is 259 g/mol. The highest BCUT2D eigenvalue weighted by molar-refractivity contribution is 5.94. The molecule has 0 aliphatic carbocycles. The highest BCUT2D eigenvalue weighted by Gasteiger charge is 2.24. The first kappa shape index (κ1) is 13.6. The van der Waals surface area contributed by atoms with Crippen LogP contribution in [0.1, 0.15) is 22.8 Å². The van der Waals surface area contributed by atoms with Gasteiger partial charge in [0.1, 0.15) is 6.61 Å². The summed E-state index contributed by atoms with van der Waals surface area (Å²) in [6.45, 7) is 3.64. The predicted molar refractivity (Wildman–Crippen MR) is 71.7 cm³/mol. The smallest absolute Gasteiger partial charge is 0.254 e. The molecule has 4 nitrogen and oxygen atoms in total. The minimum Gasteiger partial charge on any atom is -0.384 e. The van der Waals surface area contributed by atoms with E-state index in [1.165, 1.54) is 0 Å². The zero-order valence-electron chi connectivity index (χ0n) is 10.9. The number of carbonyl (C=O) groups is 1. The lowest BCUT2D eigenvalue weighted by Crippen LogP contribution is -2.47. The topological polar surface area (TPSA) is 49.8 Å². The molecule has 0 aromatic heterocycles. The molecule has 1 atom stereocenters. The van der Waals surface area contributed by atoms with Crippen molar-refractivity contribution in [3.05, 3.63) is 35.4 Å². The number of nitrogens with zero attached hydrogens (tertiary/aromatic N) is 1. The molecule has 1 N–H and O–H groups in total. The van der Waals surface area contributed by atoms with Crippen LogP contribution in [0.2, 0.25) is 0 Å². The highest BCUT2D eigenvalue weighted by Crippen LogP contribution is 2.13. The molecule has 1 aromatic carbocycles. The number of rotatable bonds is 1. The van der Waals surface area contributed by atoms with Crippen LogP contribution in [0.15, 0.2) is 24.3 Å². The molecule has 0 saturated carbocycles. The van der Waals surface area contributed by atoms with Crippen molar-refractivity contribution in [3.63, 3.8) is 0 Å². The zero-order chi connectivity index (χ0) is 13.7. The Morgan fingerprint density at radius 3 is 2.84 bits per heavy atom. The number of hydrogen-bond acceptors (Lipinski definition) is 3. The van der Waals surface area contributed by atoms with E-state index in [9.17, 15) is 4.79 Å². The van der Waals surface area contributed by atoms with Crippen molar-refractivity contribution in [2.24, 2.45) is 0 Å². The Labute approximate surface area is 113 Å². The van der Waals surface area contributed by atoms with Gasteiger partial charge in [-0.25, -0.2) is 0 Å². The third-order valence-corrected chi connectivity index (χ3v) is 3.07. The van der Waals surface area contributed by atoms with Crippen molar-refractivity contribution in [1.29, 1.82) is 0 Å². The molecule has 2 rings (SSSR count). The van der Waals surface area contributed by atoms with Crippen molar-refractivity contribution in [3.8, 4) is 11.8 Å². The molecule has 0 radical (unpaired) electrons. The second kappa shape index (κ2) is 6.37. The van der Waals surface area contributed by atoms with Gasteiger partial charge in [-0.05, 0) is 31.2 Å². The molecule has 1 unspecified atom stereocenters. The lowest BCUT2D eigenvalue weighted by atomic mass is 10.1. The molecule has 100 valence electrons. The van der Waals surface area contributed by atoms with Gasteiger partial charge in [-0.3, -0.25) is 4.79 Å². The molecule has 0 spiro atoms. The first-order chi connectivity index (χ1) is 9.22. The Kier molecular flexibility index (Phi) is 4.56. The summed E-state index contributed by atoms with van der Waals surface area (Å²) < 4.78 is 5.33. The summed E-state index contributed by atoms with van der Waals surface area (Å²) in [5.74, 6) is 5.41. The Morgan fingerprint density at radius 2 is 2.21 bits per heavy atom. The van der Waals surface area contributed by atoms with E-state index in [-0.39, 0.29) is 18.6 Å². The summed E-state index contributed by atoms with van der Waals surface area (Å²) >= 11 is 0. The van der Waals surface area contributed by atoms with Gasteiger partial charge in [0, 0.05) is 17.7 Å². The van der Waals surface area contributed by atoms with Crippen LogP contribution < -0.4 is 0 Å². The minimum absolute atomic E-state index is 0.0254. The Hall–Kier alpha value is -1.83. The van der Waals surface area contributed by atoms with Crippen LogP contribution in [0.4, 0.5) is 0 Å². The predicted octanol–water partition coefficient (Wildman–Crippen LogP) is 0.891. The van der Waals surface area contributed by atoms with Crippen molar-refractivity contribution >= 4 is 5.91 Å². The third-order valence-electron chi connectivity index (χ3n) is 3.07. The SMILES string of the molecule is CC1COCCN1C(=O)c1ccc(C#CCO)cc1. The average molecular weight is 259 g/mol. The number of hydrogen-bond donors (Lipinski definition) is 1. The van der Waals surface area contributed by atoms with Gasteiger partial charge in [0.2, 0.25) is 0 Å². The first-order valence-electron chi connectivity index (χ1n) is 6.31. The summed E-state index contributed by atoms with van der Waals surface area (Å²) in [4.78, 5) is 14.2. The first-order valence-corrected chi connectivity index (χ1v) is 6.31. The van der Waals surface area contributed by atoms with Crippen LogP contribution in [-0.4, -0.2) is 48.3 Å². The average Bonchev–Trinajstić information content (AvgIpc) is 2.45. The zero-order valence-corrected chi connectivity index (χ0v) is 10.9. The molecule has 1 aliphatic heterocycles. The quantitative estimate of drug-likeness (QED) is 0.762. The van der Waals surface area contributed by atoms with Gasteiger partial charge in [0.15, 0.2) is 0 Å². The van der Waals surface area contributed by atoms with E-state index >= 15 is 0 Å². The van der Waals surface area contributed by atoms with Gasteiger partial charge in [-0.2, -0.15) is 0 Å². The van der Waals surface area contributed by atoms with E-state index in [0.29, 0.717) is 25.3 Å². The molecule has 19 heavy (non-hydrogen) atoms. The molecular formula is C15H17NO3. The van der Waals surface area contributed by atoms with Gasteiger partial charge >= 0.3 is 0 Å². The summed E-state index contributed by atoms with van der Waals surface area (Å²) in [6.07, 6.45) is 0. The largest absolute Gasteiger partial charge is 0.384 e. The second-order valence-corrected chi connectivity index (χ2v) is 4.46. The van der Waals surface area contributed by atoms with E-state index in [1.54, 1.807) is 24.3 Å². The molecular weight excluding hydrogens is 242 g/mol. The molecule has 4 heteroatoms. The van der Waals surface area contributed by atoms with Gasteiger partial charge in [-0.1, -0.05) is 11.8 Å². The molecule has 1 heterocycles. The van der Waals surface area contributed by atoms with E-state index in [2.05, 4.69) is 11.8 Å². The number of morpholine rings is 1. The number of carbonyl (C=O) groups excluding carboxylic acids is 1. The standard InChI is InChI=1S/C15H17NO3/c1-12-11-19-10-8-16(12)15(18)14-6-4-13(5-7-14)3-2-9-17/h4-7,12,17H,8-11H2,1H3. The van der Waals surface area contributed by atoms with Crippen LogP contribution in [0.25, 0.3) is 0 Å². The maximum absolute atomic E-state index is 12.3. The van der Waals surface area contributed by atoms with Crippen LogP contribution in [0, 0.1) is 11.8 Å². The highest BCUT2D eigenvalue weighted by atomic mass is 16.5. The lowest BCUT2D eigenvalue weighted by molar-refractivity contribution is 0.00359. The maximum atomic E-state index is 12.3. The fourth-order valence-electron chi connectivity index (χ4n) is 2.03. The minimum atomic E-state index is -0.161. The van der Waals surface area contributed by atoms with Crippen LogP contribution in [-0.2, 0) is 4.74 Å². The third kappa shape index (κ3) is 3.34. The fraction of sp³-hybridized carbons (Fsp3) is 0.400. The number of aliphatic hydroxyl groups excluding tert-OH is 1. The maximum Gasteiger partial charge on any atom is 0.254 e. The van der Waals surface area contributed by atoms with Crippen molar-refractivity contribution < 1.29 is 14.6 Å². The molecule has 1 aliphatic rings. The van der Waals surface area contributed by atoms with E-state index in [1.807, 2.05) is 11.8 Å². The number of amides is 1. The summed E-state index contributed by atoms with van der Waals surface area (Å²) in [5, 5.41) is 8.62. The van der Waals surface area contributed by atoms with Gasteiger partial charge in [0.25, 0.3) is 5.91 Å². The molecule has 1 amide bonds. The van der Waals surface area contributed by atoms with E-state index in [0.717, 1.165) is 5.56 Å². The van der Waals surface area contributed by atoms with Crippen molar-refractivity contribution in [2.75, 3.05) is 26.4 Å². The van der Waals surface area contributed by atoms with Gasteiger partial charge in [0.05, 0.1) is 19.3 Å². The molecule has 1 saturated heterocycles. The Bertz CT molecular complexity index is 498. The van der Waals surface area contributed by atoms with Crippen LogP contribution >= 0.6 is 0 Å². The molecule has 1 fully saturated rings. The lowest BCUT2D eigenvalue weighted by Gasteiger charge is -2.33. The summed E-state index contributed by atoms with van der Waals surface area (Å²) in [7, 11) is 0. The van der Waals surface area contributed by atoms with Crippen molar-refractivity contribution in [2.45, 2.75) is 13.0 Å². The Balaban J connectivity index is 2.10. The van der Waals surface area contributed by atoms with Gasteiger partial charge in [-0.15, -0.1) is 0 Å². The van der Waals surface area contributed by atoms with Crippen molar-refractivity contribution in [1.82, 2.24) is 4.90 Å². The summed E-state index contributed by atoms with van der Waals surface area (Å²) in [5.41, 5.74) is 1.45. The molecule has 0 bridgehead atoms. The van der Waals surface area contributed by atoms with Crippen LogP contribution in [0.3, 0.4) is 0 Å². The number of benzene rings is 1. The van der Waals surface area contributed by atoms with Crippen LogP contribution in [0.5, 0.6) is 0 Å². The van der Waals surface area contributed by atoms with Gasteiger partial charge < -0.3 is 14.7 Å². The second-order valence-electron chi connectivity index (χ2n) is 4.46. The summed E-state index contributed by atoms with van der Waals surface area (Å²) in [6, 6.07) is 7.23. The number of aliphatic hydroxyl groups is 1. The normalized spacial score (nSPS) is 18.6. The van der Waals surface area contributed by atoms with E-state index in [4.69, 9.17) is 9.84 Å². The molecule has 1 aromatic rings. The van der Waals surface area contributed by atoms with E-state index < -0.39 is 0 Å².